The number of alkyl halides is 6. The number of sulfone groups is 1. The molecule has 0 aliphatic heterocycles. The molecule has 0 amide bonds. The highest BCUT2D eigenvalue weighted by molar-refractivity contribution is 7.90. The van der Waals surface area contributed by atoms with Gasteiger partial charge in [-0.1, -0.05) is 18.2 Å². The molecule has 8 nitrogen and oxygen atoms in total. The minimum absolute atomic E-state index is 0.0648. The quantitative estimate of drug-likeness (QED) is 0.0781. The smallest absolute Gasteiger partial charge is 0.406 e. The molecule has 0 saturated heterocycles. The molecule has 2 heterocycles. The lowest BCUT2D eigenvalue weighted by Gasteiger charge is -2.14. The zero-order valence-corrected chi connectivity index (χ0v) is 30.4. The van der Waals surface area contributed by atoms with Gasteiger partial charge in [-0.05, 0) is 110 Å². The zero-order valence-electron chi connectivity index (χ0n) is 29.6. The molecule has 0 N–H and O–H groups in total. The van der Waals surface area contributed by atoms with Crippen molar-refractivity contribution >= 4 is 43.6 Å². The van der Waals surface area contributed by atoms with Crippen molar-refractivity contribution in [3.8, 4) is 5.75 Å². The van der Waals surface area contributed by atoms with Crippen molar-refractivity contribution in [2.75, 3.05) is 6.26 Å². The number of benzene rings is 4. The molecule has 0 radical (unpaired) electrons. The molecule has 0 aliphatic rings. The summed E-state index contributed by atoms with van der Waals surface area (Å²) >= 11 is 0. The number of fused-ring (bicyclic) bond motifs is 2. The maximum atomic E-state index is 14.5. The first-order valence-electron chi connectivity index (χ1n) is 16.6. The monoisotopic (exact) mass is 806 g/mol. The zero-order chi connectivity index (χ0) is 40.9. The van der Waals surface area contributed by atoms with E-state index in [1.807, 2.05) is 0 Å². The molecule has 294 valence electrons. The van der Waals surface area contributed by atoms with Gasteiger partial charge in [0.2, 0.25) is 0 Å². The molecule has 0 spiro atoms. The predicted molar refractivity (Wildman–Crippen MR) is 188 cm³/mol. The van der Waals surface area contributed by atoms with Gasteiger partial charge in [-0.3, -0.25) is 0 Å². The van der Waals surface area contributed by atoms with Crippen LogP contribution in [0.1, 0.15) is 39.2 Å². The first-order valence-corrected chi connectivity index (χ1v) is 18.5. The van der Waals surface area contributed by atoms with Gasteiger partial charge in [-0.2, -0.15) is 13.2 Å². The number of carbonyl (C=O) groups excluding carboxylic acids is 2. The molecule has 17 heteroatoms. The largest absolute Gasteiger partial charge is 0.573 e. The Kier molecular flexibility index (Phi) is 10.5. The Balaban J connectivity index is 1.24. The molecule has 0 aliphatic carbocycles. The summed E-state index contributed by atoms with van der Waals surface area (Å²) < 4.78 is 145. The van der Waals surface area contributed by atoms with E-state index in [0.717, 1.165) is 30.3 Å². The maximum absolute atomic E-state index is 14.5. The van der Waals surface area contributed by atoms with Gasteiger partial charge in [0.1, 0.15) is 30.5 Å². The van der Waals surface area contributed by atoms with Crippen LogP contribution in [-0.4, -0.2) is 42.1 Å². The Morgan fingerprint density at radius 1 is 0.661 bits per heavy atom. The summed E-state index contributed by atoms with van der Waals surface area (Å²) in [5, 5.41) is 0.679. The fraction of sp³-hybridized carbons (Fsp3) is 0.231. The topological polar surface area (TPSA) is 96.6 Å². The second-order valence-electron chi connectivity index (χ2n) is 13.1. The minimum Gasteiger partial charge on any atom is -0.406 e. The van der Waals surface area contributed by atoms with E-state index >= 15 is 0 Å². The number of hydrogen-bond acceptors (Lipinski definition) is 6. The SMILES string of the molecule is Cc1c(Cc2ccc(OC(F)(F)F)cc2)c2cc(F)ccc2n1CC(=O)OC(=O)Cn1c(C)c(Cc2ccc(S(C)(=O)=O)c(C(F)(F)F)c2)c2cc(F)ccc21. The van der Waals surface area contributed by atoms with Crippen LogP contribution >= 0.6 is 0 Å². The third kappa shape index (κ3) is 8.56. The van der Waals surface area contributed by atoms with E-state index in [9.17, 15) is 53.1 Å². The van der Waals surface area contributed by atoms with Crippen molar-refractivity contribution < 1.29 is 62.6 Å². The predicted octanol–water partition coefficient (Wildman–Crippen LogP) is 8.76. The van der Waals surface area contributed by atoms with E-state index in [4.69, 9.17) is 4.74 Å². The molecule has 0 unspecified atom stereocenters. The summed E-state index contributed by atoms with van der Waals surface area (Å²) in [6.07, 6.45) is -9.27. The van der Waals surface area contributed by atoms with Crippen LogP contribution in [0.4, 0.5) is 35.1 Å². The van der Waals surface area contributed by atoms with Crippen molar-refractivity contribution in [1.29, 1.82) is 0 Å². The molecule has 2 aromatic heterocycles. The summed E-state index contributed by atoms with van der Waals surface area (Å²) in [4.78, 5) is 25.5. The standard InChI is InChI=1S/C39H30F8N2O6S/c1-21-28(14-23-4-9-27(10-5-23)55-39(45,46)47)30-17-25(40)7-11-33(30)48(21)19-36(50)54-37(51)20-49-22(2)29(31-18-26(41)8-12-34(31)49)15-24-6-13-35(56(3,52)53)32(16-24)38(42,43)44/h4-13,16-18H,14-15,19-20H2,1-3H3. The van der Waals surface area contributed by atoms with Crippen LogP contribution in [0.25, 0.3) is 21.8 Å². The lowest BCUT2D eigenvalue weighted by atomic mass is 10.00. The van der Waals surface area contributed by atoms with Crippen molar-refractivity contribution in [3.63, 3.8) is 0 Å². The molecule has 6 rings (SSSR count). The summed E-state index contributed by atoms with van der Waals surface area (Å²) in [5.74, 6) is -3.69. The first kappa shape index (κ1) is 40.0. The average Bonchev–Trinajstić information content (AvgIpc) is 3.48. The van der Waals surface area contributed by atoms with Crippen LogP contribution < -0.4 is 4.74 Å². The van der Waals surface area contributed by atoms with Crippen LogP contribution in [0.2, 0.25) is 0 Å². The van der Waals surface area contributed by atoms with E-state index in [1.54, 1.807) is 13.8 Å². The van der Waals surface area contributed by atoms with Gasteiger partial charge in [0.15, 0.2) is 9.84 Å². The number of rotatable bonds is 10. The Bertz CT molecular complexity index is 2630. The van der Waals surface area contributed by atoms with Crippen LogP contribution in [0.15, 0.2) is 83.8 Å². The number of esters is 2. The van der Waals surface area contributed by atoms with Gasteiger partial charge in [-0.25, -0.2) is 26.8 Å². The minimum atomic E-state index is -4.99. The van der Waals surface area contributed by atoms with E-state index < -0.39 is 75.2 Å². The molecule has 0 fully saturated rings. The highest BCUT2D eigenvalue weighted by Crippen LogP contribution is 2.37. The number of hydrogen-bond donors (Lipinski definition) is 0. The second kappa shape index (κ2) is 14.7. The molecule has 4 aromatic carbocycles. The highest BCUT2D eigenvalue weighted by Gasteiger charge is 2.36. The van der Waals surface area contributed by atoms with Crippen molar-refractivity contribution in [1.82, 2.24) is 9.13 Å². The fourth-order valence-corrected chi connectivity index (χ4v) is 7.69. The molecule has 0 bridgehead atoms. The maximum Gasteiger partial charge on any atom is 0.573 e. The average molecular weight is 807 g/mol. The Hall–Kier alpha value is -5.71. The third-order valence-electron chi connectivity index (χ3n) is 9.30. The number of halogens is 8. The fourth-order valence-electron chi connectivity index (χ4n) is 6.80. The van der Waals surface area contributed by atoms with E-state index in [2.05, 4.69) is 4.74 Å². The molecule has 56 heavy (non-hydrogen) atoms. The summed E-state index contributed by atoms with van der Waals surface area (Å²) in [6, 6.07) is 15.4. The van der Waals surface area contributed by atoms with Gasteiger partial charge >= 0.3 is 24.5 Å². The van der Waals surface area contributed by atoms with Crippen LogP contribution in [-0.2, 0) is 56.3 Å². The van der Waals surface area contributed by atoms with E-state index in [-0.39, 0.29) is 23.8 Å². The summed E-state index contributed by atoms with van der Waals surface area (Å²) in [7, 11) is -4.23. The van der Waals surface area contributed by atoms with Gasteiger partial charge in [0.25, 0.3) is 0 Å². The van der Waals surface area contributed by atoms with Crippen molar-refractivity contribution in [2.24, 2.45) is 0 Å². The lowest BCUT2D eigenvalue weighted by molar-refractivity contribution is -0.274. The van der Waals surface area contributed by atoms with Crippen LogP contribution in [0.5, 0.6) is 5.75 Å². The molecular weight excluding hydrogens is 776 g/mol. The Morgan fingerprint density at radius 2 is 1.12 bits per heavy atom. The Morgan fingerprint density at radius 3 is 1.57 bits per heavy atom. The second-order valence-corrected chi connectivity index (χ2v) is 15.1. The third-order valence-corrected chi connectivity index (χ3v) is 10.5. The summed E-state index contributed by atoms with van der Waals surface area (Å²) in [6.45, 7) is 2.14. The van der Waals surface area contributed by atoms with Crippen LogP contribution in [0.3, 0.4) is 0 Å². The highest BCUT2D eigenvalue weighted by atomic mass is 32.2. The number of nitrogens with zero attached hydrogens (tertiary/aromatic N) is 2. The first-order chi connectivity index (χ1) is 26.1. The van der Waals surface area contributed by atoms with Crippen molar-refractivity contribution in [3.05, 3.63) is 130 Å². The molecule has 6 aromatic rings. The normalized spacial score (nSPS) is 12.4. The molecular formula is C39H30F8N2O6S. The van der Waals surface area contributed by atoms with Gasteiger partial charge in [0, 0.05) is 39.4 Å². The lowest BCUT2D eigenvalue weighted by Crippen LogP contribution is -2.22. The molecule has 0 saturated carbocycles. The van der Waals surface area contributed by atoms with E-state index in [1.165, 1.54) is 51.6 Å². The van der Waals surface area contributed by atoms with E-state index in [0.29, 0.717) is 56.8 Å². The van der Waals surface area contributed by atoms with Gasteiger partial charge in [-0.15, -0.1) is 13.2 Å². The molecule has 0 atom stereocenters. The van der Waals surface area contributed by atoms with Gasteiger partial charge < -0.3 is 18.6 Å². The number of aromatic nitrogens is 2. The van der Waals surface area contributed by atoms with Crippen LogP contribution in [0, 0.1) is 25.5 Å². The number of carbonyl (C=O) groups is 2. The summed E-state index contributed by atoms with van der Waals surface area (Å²) in [5.41, 5.74) is 1.72. The van der Waals surface area contributed by atoms with Gasteiger partial charge in [0.05, 0.1) is 10.5 Å². The van der Waals surface area contributed by atoms with Crippen molar-refractivity contribution in [2.45, 2.75) is 57.2 Å². The number of ether oxygens (including phenoxy) is 2. The Labute approximate surface area is 313 Å².